The van der Waals surface area contributed by atoms with Crippen molar-refractivity contribution in [3.63, 3.8) is 0 Å². The Bertz CT molecular complexity index is 1240. The lowest BCUT2D eigenvalue weighted by Gasteiger charge is -2.63. The van der Waals surface area contributed by atoms with Crippen LogP contribution >= 0.6 is 0 Å². The zero-order chi connectivity index (χ0) is 29.2. The molecule has 0 radical (unpaired) electrons. The third-order valence-electron chi connectivity index (χ3n) is 11.1. The smallest absolute Gasteiger partial charge is 0.310 e. The first-order chi connectivity index (χ1) is 18.8. The van der Waals surface area contributed by atoms with Crippen molar-refractivity contribution in [3.8, 4) is 0 Å². The van der Waals surface area contributed by atoms with Crippen LogP contribution in [0, 0.1) is 39.9 Å². The highest BCUT2D eigenvalue weighted by atomic mass is 16.6. The fourth-order valence-electron chi connectivity index (χ4n) is 8.60. The van der Waals surface area contributed by atoms with Gasteiger partial charge in [-0.1, -0.05) is 47.1 Å². The molecule has 2 bridgehead atoms. The summed E-state index contributed by atoms with van der Waals surface area (Å²) in [4.78, 5) is 53.4. The molecule has 5 rings (SSSR count). The van der Waals surface area contributed by atoms with E-state index in [1.807, 2.05) is 40.7 Å². The molecule has 0 aromatic carbocycles. The van der Waals surface area contributed by atoms with Crippen molar-refractivity contribution >= 4 is 23.7 Å². The minimum Gasteiger partial charge on any atom is -0.472 e. The highest BCUT2D eigenvalue weighted by Crippen LogP contribution is 2.68. The summed E-state index contributed by atoms with van der Waals surface area (Å²) in [6.45, 7) is 11.9. The van der Waals surface area contributed by atoms with Gasteiger partial charge in [0.1, 0.15) is 18.0 Å². The average Bonchev–Trinajstić information content (AvgIpc) is 3.45. The molecule has 1 aromatic heterocycles. The summed E-state index contributed by atoms with van der Waals surface area (Å²) >= 11 is 0. The zero-order valence-electron chi connectivity index (χ0n) is 24.7. The fourth-order valence-corrected chi connectivity index (χ4v) is 8.60. The van der Waals surface area contributed by atoms with Crippen LogP contribution in [0.4, 0.5) is 0 Å². The topological polar surface area (TPSA) is 109 Å². The molecule has 2 saturated carbocycles. The molecule has 0 amide bonds. The number of methoxy groups -OCH3 is 1. The Morgan fingerprint density at radius 2 is 1.90 bits per heavy atom. The third-order valence-corrected chi connectivity index (χ3v) is 11.1. The number of Topliss-reactive ketones (excluding diaryl/α,β-unsaturated/α-hetero) is 1. The summed E-state index contributed by atoms with van der Waals surface area (Å²) in [5.74, 6) is -2.39. The first-order valence-electron chi connectivity index (χ1n) is 14.6. The van der Waals surface area contributed by atoms with E-state index in [0.29, 0.717) is 12.8 Å². The maximum Gasteiger partial charge on any atom is 0.310 e. The number of hydrogen-bond donors (Lipinski definition) is 0. The van der Waals surface area contributed by atoms with Gasteiger partial charge >= 0.3 is 17.9 Å². The van der Waals surface area contributed by atoms with E-state index in [1.54, 1.807) is 12.5 Å². The summed E-state index contributed by atoms with van der Waals surface area (Å²) in [5.41, 5.74) is 0.947. The summed E-state index contributed by atoms with van der Waals surface area (Å²) in [5, 5.41) is 0. The molecular formula is C32H42O8. The van der Waals surface area contributed by atoms with Gasteiger partial charge in [0.15, 0.2) is 0 Å². The van der Waals surface area contributed by atoms with Gasteiger partial charge in [-0.15, -0.1) is 0 Å². The first kappa shape index (κ1) is 28.6. The number of hydrogen-bond acceptors (Lipinski definition) is 8. The van der Waals surface area contributed by atoms with Crippen molar-refractivity contribution in [2.75, 3.05) is 7.11 Å². The van der Waals surface area contributed by atoms with Crippen LogP contribution in [0.25, 0.3) is 0 Å². The summed E-state index contributed by atoms with van der Waals surface area (Å²) < 4.78 is 22.6. The molecule has 8 nitrogen and oxygen atoms in total. The molecular weight excluding hydrogens is 512 g/mol. The van der Waals surface area contributed by atoms with E-state index in [1.165, 1.54) is 7.11 Å². The van der Waals surface area contributed by atoms with E-state index < -0.39 is 40.3 Å². The minimum atomic E-state index is -0.879. The Hall–Kier alpha value is -2.90. The van der Waals surface area contributed by atoms with Crippen molar-refractivity contribution in [1.82, 2.24) is 0 Å². The number of ketones is 1. The van der Waals surface area contributed by atoms with Gasteiger partial charge in [-0.3, -0.25) is 19.2 Å². The molecule has 40 heavy (non-hydrogen) atoms. The van der Waals surface area contributed by atoms with Gasteiger partial charge < -0.3 is 18.6 Å². The van der Waals surface area contributed by atoms with E-state index in [2.05, 4.69) is 6.92 Å². The number of ether oxygens (including phenoxy) is 3. The lowest BCUT2D eigenvalue weighted by Crippen LogP contribution is -2.66. The van der Waals surface area contributed by atoms with Gasteiger partial charge in [-0.25, -0.2) is 0 Å². The van der Waals surface area contributed by atoms with E-state index >= 15 is 0 Å². The third kappa shape index (κ3) is 4.07. The maximum atomic E-state index is 14.5. The second kappa shape index (κ2) is 9.88. The number of furan rings is 1. The van der Waals surface area contributed by atoms with Crippen molar-refractivity contribution in [1.29, 1.82) is 0 Å². The van der Waals surface area contributed by atoms with Crippen LogP contribution in [0.3, 0.4) is 0 Å². The molecule has 3 fully saturated rings. The SMILES string of the molecule is CC[C@H](C)C(=O)O[C@@H]1[C@H]2CC3=C4CC(=O)O[C@@H](c5ccoc5)[C@]4(C)CC[C@@H]3[C@@](C)(C2=O)[C@@H](CC(=O)OC)C1(C)C. The molecule has 1 aliphatic heterocycles. The number of cyclic esters (lactones) is 1. The Kier molecular flexibility index (Phi) is 7.07. The molecule has 8 heteroatoms. The number of fused-ring (bicyclic) bond motifs is 5. The first-order valence-corrected chi connectivity index (χ1v) is 14.6. The number of rotatable bonds is 6. The highest BCUT2D eigenvalue weighted by molar-refractivity contribution is 5.92. The zero-order valence-corrected chi connectivity index (χ0v) is 24.7. The molecule has 0 spiro atoms. The van der Waals surface area contributed by atoms with Crippen LogP contribution in [-0.4, -0.2) is 36.9 Å². The monoisotopic (exact) mass is 554 g/mol. The number of carbonyl (C=O) groups is 4. The van der Waals surface area contributed by atoms with E-state index in [4.69, 9.17) is 18.6 Å². The second-order valence-corrected chi connectivity index (χ2v) is 13.4. The molecule has 8 atom stereocenters. The lowest BCUT2D eigenvalue weighted by atomic mass is 9.40. The largest absolute Gasteiger partial charge is 0.472 e. The summed E-state index contributed by atoms with van der Waals surface area (Å²) in [7, 11) is 1.36. The van der Waals surface area contributed by atoms with Crippen LogP contribution in [0.5, 0.6) is 0 Å². The van der Waals surface area contributed by atoms with Gasteiger partial charge in [0.25, 0.3) is 0 Å². The highest BCUT2D eigenvalue weighted by Gasteiger charge is 2.68. The lowest BCUT2D eigenvalue weighted by molar-refractivity contribution is -0.200. The Morgan fingerprint density at radius 3 is 2.52 bits per heavy atom. The van der Waals surface area contributed by atoms with Crippen molar-refractivity contribution < 1.29 is 37.8 Å². The number of esters is 3. The predicted molar refractivity (Wildman–Crippen MR) is 144 cm³/mol. The molecule has 2 heterocycles. The van der Waals surface area contributed by atoms with Crippen molar-refractivity contribution in [3.05, 3.63) is 35.3 Å². The van der Waals surface area contributed by atoms with Crippen LogP contribution in [0.1, 0.15) is 91.7 Å². The standard InChI is InChI=1S/C32H42O8/c1-8-17(2)29(36)40-28-20-13-19-21(32(6,26(20)35)23(30(28,3)4)15-24(33)37-7)9-11-31(5)22(19)14-25(34)39-27(31)18-10-12-38-16-18/h10,12,16-17,20-21,23,27-28H,8-9,11,13-15H2,1-7H3/t17-,20-,21-,23-,27-,28+,31+,32+/m0/s1. The number of carbonyl (C=O) groups excluding carboxylic acids is 4. The molecule has 0 N–H and O–H groups in total. The van der Waals surface area contributed by atoms with Crippen LogP contribution in [-0.2, 0) is 33.4 Å². The van der Waals surface area contributed by atoms with Gasteiger partial charge in [0.05, 0.1) is 37.9 Å². The molecule has 1 saturated heterocycles. The molecule has 0 unspecified atom stereocenters. The van der Waals surface area contributed by atoms with Crippen LogP contribution in [0.2, 0.25) is 0 Å². The van der Waals surface area contributed by atoms with Crippen molar-refractivity contribution in [2.24, 2.45) is 39.9 Å². The van der Waals surface area contributed by atoms with Gasteiger partial charge in [-0.2, -0.15) is 0 Å². The molecule has 218 valence electrons. The quantitative estimate of drug-likeness (QED) is 0.248. The Balaban J connectivity index is 1.67. The number of allylic oxidation sites excluding steroid dienone is 1. The average molecular weight is 555 g/mol. The molecule has 3 aliphatic carbocycles. The normalized spacial score (nSPS) is 37.1. The maximum absolute atomic E-state index is 14.5. The molecule has 1 aromatic rings. The summed E-state index contributed by atoms with van der Waals surface area (Å²) in [6, 6.07) is 1.84. The van der Waals surface area contributed by atoms with Crippen LogP contribution in [0.15, 0.2) is 34.2 Å². The summed E-state index contributed by atoms with van der Waals surface area (Å²) in [6.07, 6.45) is 4.74. The Labute approximate surface area is 236 Å². The van der Waals surface area contributed by atoms with Crippen molar-refractivity contribution in [2.45, 2.75) is 92.3 Å². The van der Waals surface area contributed by atoms with Gasteiger partial charge in [0, 0.05) is 28.2 Å². The van der Waals surface area contributed by atoms with E-state index in [-0.39, 0.29) is 48.4 Å². The Morgan fingerprint density at radius 1 is 1.18 bits per heavy atom. The van der Waals surface area contributed by atoms with Gasteiger partial charge in [0.2, 0.25) is 0 Å². The fraction of sp³-hybridized carbons (Fsp3) is 0.688. The van der Waals surface area contributed by atoms with E-state index in [0.717, 1.165) is 29.6 Å². The second-order valence-electron chi connectivity index (χ2n) is 13.4. The minimum absolute atomic E-state index is 0.0467. The van der Waals surface area contributed by atoms with Crippen LogP contribution < -0.4 is 0 Å². The predicted octanol–water partition coefficient (Wildman–Crippen LogP) is 5.75. The van der Waals surface area contributed by atoms with Gasteiger partial charge in [-0.05, 0) is 49.2 Å². The molecule has 4 aliphatic rings. The van der Waals surface area contributed by atoms with E-state index in [9.17, 15) is 19.2 Å².